The summed E-state index contributed by atoms with van der Waals surface area (Å²) >= 11 is 14.7. The first-order chi connectivity index (χ1) is 18.2. The van der Waals surface area contributed by atoms with Gasteiger partial charge in [0, 0.05) is 44.5 Å². The first-order valence-electron chi connectivity index (χ1n) is 12.2. The van der Waals surface area contributed by atoms with Gasteiger partial charge in [-0.15, -0.1) is 11.3 Å². The number of nitrogens with zero attached hydrogens (tertiary/aromatic N) is 2. The third-order valence-corrected chi connectivity index (χ3v) is 8.61. The lowest BCUT2D eigenvalue weighted by molar-refractivity contribution is -0.141. The highest BCUT2D eigenvalue weighted by Gasteiger charge is 2.21. The van der Waals surface area contributed by atoms with Crippen molar-refractivity contribution in [3.05, 3.63) is 44.9 Å². The predicted octanol–water partition coefficient (Wildman–Crippen LogP) is 3.88. The SMILES string of the molecule is COC(=O)C[C@@H](C)CCNC(=O)c1csc(SCC(=O)NC[C@H]2CN(Cc3ccc(Cl)c(Cl)c3)CCO2)n1. The highest BCUT2D eigenvalue weighted by molar-refractivity contribution is 8.01. The van der Waals surface area contributed by atoms with Crippen LogP contribution in [-0.4, -0.2) is 79.4 Å². The molecule has 1 aliphatic heterocycles. The molecule has 1 aromatic heterocycles. The molecule has 0 spiro atoms. The van der Waals surface area contributed by atoms with E-state index >= 15 is 0 Å². The molecule has 2 N–H and O–H groups in total. The number of methoxy groups -OCH3 is 1. The molecule has 2 heterocycles. The molecule has 1 aromatic carbocycles. The Balaban J connectivity index is 1.33. The third kappa shape index (κ3) is 10.3. The average molecular weight is 604 g/mol. The van der Waals surface area contributed by atoms with E-state index < -0.39 is 0 Å². The number of rotatable bonds is 13. The summed E-state index contributed by atoms with van der Waals surface area (Å²) in [6.07, 6.45) is 0.867. The molecule has 0 unspecified atom stereocenters. The van der Waals surface area contributed by atoms with Gasteiger partial charge in [-0.2, -0.15) is 0 Å². The molecular weight excluding hydrogens is 571 g/mol. The van der Waals surface area contributed by atoms with Crippen molar-refractivity contribution in [3.8, 4) is 0 Å². The van der Waals surface area contributed by atoms with Gasteiger partial charge in [0.1, 0.15) is 5.69 Å². The molecule has 2 atom stereocenters. The number of carbonyl (C=O) groups is 3. The number of esters is 1. The van der Waals surface area contributed by atoms with Crippen LogP contribution in [0.25, 0.3) is 0 Å². The summed E-state index contributed by atoms with van der Waals surface area (Å²) in [5, 5.41) is 8.48. The van der Waals surface area contributed by atoms with E-state index in [4.69, 9.17) is 27.9 Å². The summed E-state index contributed by atoms with van der Waals surface area (Å²) in [6.45, 7) is 5.59. The molecule has 2 aromatic rings. The monoisotopic (exact) mass is 602 g/mol. The lowest BCUT2D eigenvalue weighted by atomic mass is 10.0. The smallest absolute Gasteiger partial charge is 0.305 e. The largest absolute Gasteiger partial charge is 0.469 e. The number of halogens is 2. The maximum atomic E-state index is 12.4. The zero-order valence-corrected chi connectivity index (χ0v) is 24.5. The minimum atomic E-state index is -0.275. The molecule has 0 aliphatic carbocycles. The van der Waals surface area contributed by atoms with E-state index in [1.54, 1.807) is 11.4 Å². The summed E-state index contributed by atoms with van der Waals surface area (Å²) in [7, 11) is 1.36. The number of nitrogens with one attached hydrogen (secondary N) is 2. The Morgan fingerprint density at radius 1 is 1.29 bits per heavy atom. The number of hydrogen-bond acceptors (Lipinski definition) is 9. The molecular formula is C25H32Cl2N4O5S2. The normalized spacial score (nSPS) is 16.6. The number of aromatic nitrogens is 1. The molecule has 13 heteroatoms. The topological polar surface area (TPSA) is 110 Å². The van der Waals surface area contributed by atoms with Crippen molar-refractivity contribution >= 4 is 64.1 Å². The van der Waals surface area contributed by atoms with Gasteiger partial charge in [0.2, 0.25) is 5.91 Å². The van der Waals surface area contributed by atoms with Gasteiger partial charge >= 0.3 is 5.97 Å². The van der Waals surface area contributed by atoms with Gasteiger partial charge in [0.15, 0.2) is 4.34 Å². The van der Waals surface area contributed by atoms with Gasteiger partial charge in [0.05, 0.1) is 35.6 Å². The van der Waals surface area contributed by atoms with E-state index in [2.05, 4.69) is 25.3 Å². The van der Waals surface area contributed by atoms with Gasteiger partial charge in [-0.3, -0.25) is 19.3 Å². The zero-order valence-electron chi connectivity index (χ0n) is 21.3. The average Bonchev–Trinajstić information content (AvgIpc) is 3.38. The van der Waals surface area contributed by atoms with Crippen molar-refractivity contribution in [2.75, 3.05) is 45.6 Å². The van der Waals surface area contributed by atoms with E-state index in [9.17, 15) is 14.4 Å². The van der Waals surface area contributed by atoms with Crippen LogP contribution < -0.4 is 10.6 Å². The first kappa shape index (κ1) is 30.6. The first-order valence-corrected chi connectivity index (χ1v) is 14.8. The second-order valence-corrected chi connectivity index (χ2v) is 11.9. The van der Waals surface area contributed by atoms with Crippen LogP contribution in [0.1, 0.15) is 35.8 Å². The van der Waals surface area contributed by atoms with E-state index in [0.29, 0.717) is 59.2 Å². The van der Waals surface area contributed by atoms with Gasteiger partial charge in [-0.05, 0) is 30.0 Å². The van der Waals surface area contributed by atoms with Crippen LogP contribution in [0.5, 0.6) is 0 Å². The van der Waals surface area contributed by atoms with Gasteiger partial charge in [-0.1, -0.05) is 48.0 Å². The third-order valence-electron chi connectivity index (χ3n) is 5.85. The molecule has 208 valence electrons. The quantitative estimate of drug-likeness (QED) is 0.262. The molecule has 9 nitrogen and oxygen atoms in total. The Morgan fingerprint density at radius 3 is 2.87 bits per heavy atom. The second-order valence-electron chi connectivity index (χ2n) is 9.00. The van der Waals surface area contributed by atoms with Crippen molar-refractivity contribution < 1.29 is 23.9 Å². The molecule has 0 radical (unpaired) electrons. The van der Waals surface area contributed by atoms with E-state index in [1.807, 2.05) is 19.1 Å². The highest BCUT2D eigenvalue weighted by Crippen LogP contribution is 2.24. The van der Waals surface area contributed by atoms with Crippen LogP contribution in [-0.2, 0) is 25.6 Å². The molecule has 2 amide bonds. The van der Waals surface area contributed by atoms with Gasteiger partial charge in [0.25, 0.3) is 5.91 Å². The number of carbonyl (C=O) groups excluding carboxylic acids is 3. The predicted molar refractivity (Wildman–Crippen MR) is 150 cm³/mol. The minimum Gasteiger partial charge on any atom is -0.469 e. The van der Waals surface area contributed by atoms with E-state index in [0.717, 1.165) is 18.7 Å². The van der Waals surface area contributed by atoms with Crippen molar-refractivity contribution in [1.29, 1.82) is 0 Å². The van der Waals surface area contributed by atoms with Crippen LogP contribution in [0, 0.1) is 5.92 Å². The molecule has 1 aliphatic rings. The fourth-order valence-electron chi connectivity index (χ4n) is 3.77. The van der Waals surface area contributed by atoms with Crippen molar-refractivity contribution in [2.45, 2.75) is 36.8 Å². The summed E-state index contributed by atoms with van der Waals surface area (Å²) in [5.74, 6) is -0.363. The maximum Gasteiger partial charge on any atom is 0.305 e. The summed E-state index contributed by atoms with van der Waals surface area (Å²) < 4.78 is 11.1. The fraction of sp³-hybridized carbons (Fsp3) is 0.520. The minimum absolute atomic E-state index is 0.104. The fourth-order valence-corrected chi connectivity index (χ4v) is 5.73. The van der Waals surface area contributed by atoms with Crippen molar-refractivity contribution in [2.24, 2.45) is 5.92 Å². The molecule has 3 rings (SSSR count). The number of thiazole rings is 1. The Labute approximate surface area is 240 Å². The number of hydrogen-bond donors (Lipinski definition) is 2. The van der Waals surface area contributed by atoms with Crippen LogP contribution in [0.2, 0.25) is 10.0 Å². The number of ether oxygens (including phenoxy) is 2. The lowest BCUT2D eigenvalue weighted by Gasteiger charge is -2.33. The maximum absolute atomic E-state index is 12.4. The zero-order chi connectivity index (χ0) is 27.5. The summed E-state index contributed by atoms with van der Waals surface area (Å²) in [6, 6.07) is 5.62. The Hall–Kier alpha value is -1.89. The van der Waals surface area contributed by atoms with Gasteiger partial charge in [-0.25, -0.2) is 4.98 Å². The Bertz CT molecular complexity index is 1100. The highest BCUT2D eigenvalue weighted by atomic mass is 35.5. The molecule has 0 saturated carbocycles. The van der Waals surface area contributed by atoms with E-state index in [-0.39, 0.29) is 35.6 Å². The molecule has 0 bridgehead atoms. The Morgan fingerprint density at radius 2 is 2.11 bits per heavy atom. The van der Waals surface area contributed by atoms with Crippen LogP contribution in [0.15, 0.2) is 27.9 Å². The summed E-state index contributed by atoms with van der Waals surface area (Å²) in [4.78, 5) is 42.6. The van der Waals surface area contributed by atoms with E-state index in [1.165, 1.54) is 30.2 Å². The second kappa shape index (κ2) is 15.6. The van der Waals surface area contributed by atoms with Crippen molar-refractivity contribution in [3.63, 3.8) is 0 Å². The van der Waals surface area contributed by atoms with Crippen LogP contribution in [0.4, 0.5) is 0 Å². The Kier molecular flexibility index (Phi) is 12.6. The molecule has 38 heavy (non-hydrogen) atoms. The molecule has 1 saturated heterocycles. The van der Waals surface area contributed by atoms with Gasteiger partial charge < -0.3 is 20.1 Å². The van der Waals surface area contributed by atoms with Crippen LogP contribution >= 0.6 is 46.3 Å². The lowest BCUT2D eigenvalue weighted by Crippen LogP contribution is -2.47. The van der Waals surface area contributed by atoms with Crippen LogP contribution in [0.3, 0.4) is 0 Å². The summed E-state index contributed by atoms with van der Waals surface area (Å²) in [5.41, 5.74) is 1.39. The number of thioether (sulfide) groups is 1. The number of benzene rings is 1. The number of morpholine rings is 1. The van der Waals surface area contributed by atoms with Crippen molar-refractivity contribution in [1.82, 2.24) is 20.5 Å². The standard InChI is InChI=1S/C25H32Cl2N4O5S2/c1-16(9-23(33)35-2)5-6-28-24(34)21-14-37-25(30-21)38-15-22(32)29-11-18-13-31(7-8-36-18)12-17-3-4-19(26)20(27)10-17/h3-4,10,14,16,18H,5-9,11-13,15H2,1-2H3,(H,28,34)(H,29,32)/t16-,18-/m0/s1. The number of amides is 2. The molecule has 1 fully saturated rings.